The van der Waals surface area contributed by atoms with Crippen molar-refractivity contribution in [1.82, 2.24) is 15.1 Å². The number of hydrogen-bond donors (Lipinski definition) is 1. The van der Waals surface area contributed by atoms with Crippen molar-refractivity contribution in [3.8, 4) is 0 Å². The molecule has 8 heteroatoms. The van der Waals surface area contributed by atoms with Gasteiger partial charge < -0.3 is 20.0 Å². The second kappa shape index (κ2) is 10.3. The summed E-state index contributed by atoms with van der Waals surface area (Å²) >= 11 is 1.81. The fraction of sp³-hybridized carbons (Fsp3) is 0.667. The van der Waals surface area contributed by atoms with Crippen LogP contribution in [-0.4, -0.2) is 74.5 Å². The number of guanidine groups is 1. The van der Waals surface area contributed by atoms with Gasteiger partial charge in [0.2, 0.25) is 5.91 Å². The van der Waals surface area contributed by atoms with Crippen LogP contribution in [0.1, 0.15) is 19.8 Å². The van der Waals surface area contributed by atoms with Crippen LogP contribution >= 0.6 is 35.3 Å². The molecule has 146 valence electrons. The third-order valence-electron chi connectivity index (χ3n) is 5.22. The number of thiophene rings is 1. The first-order valence-corrected chi connectivity index (χ1v) is 10.0. The molecule has 1 aromatic rings. The number of piperidine rings is 1. The predicted molar refractivity (Wildman–Crippen MR) is 120 cm³/mol. The van der Waals surface area contributed by atoms with E-state index in [2.05, 4.69) is 37.6 Å². The summed E-state index contributed by atoms with van der Waals surface area (Å²) in [4.78, 5) is 22.7. The normalized spacial score (nSPS) is 19.3. The van der Waals surface area contributed by atoms with E-state index in [1.807, 2.05) is 23.3 Å². The third kappa shape index (κ3) is 5.48. The summed E-state index contributed by atoms with van der Waals surface area (Å²) in [5.74, 6) is 1.84. The Morgan fingerprint density at radius 2 is 1.88 bits per heavy atom. The average Bonchev–Trinajstić information content (AvgIpc) is 3.18. The van der Waals surface area contributed by atoms with Gasteiger partial charge in [0, 0.05) is 59.8 Å². The minimum absolute atomic E-state index is 0. The zero-order valence-electron chi connectivity index (χ0n) is 15.7. The number of nitrogens with zero attached hydrogens (tertiary/aromatic N) is 4. The molecule has 0 radical (unpaired) electrons. The van der Waals surface area contributed by atoms with E-state index in [1.54, 1.807) is 6.92 Å². The highest BCUT2D eigenvalue weighted by molar-refractivity contribution is 14.0. The molecule has 1 amide bonds. The van der Waals surface area contributed by atoms with Crippen molar-refractivity contribution in [1.29, 1.82) is 0 Å². The lowest BCUT2D eigenvalue weighted by Crippen LogP contribution is -2.53. The lowest BCUT2D eigenvalue weighted by atomic mass is 9.97. The van der Waals surface area contributed by atoms with E-state index in [4.69, 9.17) is 0 Å². The zero-order chi connectivity index (χ0) is 17.6. The minimum Gasteiger partial charge on any atom is -0.360 e. The SMILES string of the molecule is CN=C(NCC1CCN(C(C)=O)CC1)N1CCN(c2cccs2)CC1.I. The van der Waals surface area contributed by atoms with Gasteiger partial charge in [-0.1, -0.05) is 0 Å². The molecule has 3 rings (SSSR count). The summed E-state index contributed by atoms with van der Waals surface area (Å²) in [6, 6.07) is 4.31. The molecule has 0 spiro atoms. The molecular formula is C18H30IN5OS. The van der Waals surface area contributed by atoms with Gasteiger partial charge in [-0.05, 0) is 36.3 Å². The monoisotopic (exact) mass is 491 g/mol. The highest BCUT2D eigenvalue weighted by atomic mass is 127. The quantitative estimate of drug-likeness (QED) is 0.401. The van der Waals surface area contributed by atoms with Crippen molar-refractivity contribution in [3.63, 3.8) is 0 Å². The van der Waals surface area contributed by atoms with Gasteiger partial charge in [-0.25, -0.2) is 0 Å². The number of carbonyl (C=O) groups is 1. The number of hydrogen-bond acceptors (Lipinski definition) is 4. The van der Waals surface area contributed by atoms with E-state index in [-0.39, 0.29) is 29.9 Å². The van der Waals surface area contributed by atoms with Crippen LogP contribution in [0.3, 0.4) is 0 Å². The number of rotatable bonds is 3. The Balaban J connectivity index is 0.00000243. The Bertz CT molecular complexity index is 578. The molecule has 0 bridgehead atoms. The van der Waals surface area contributed by atoms with Gasteiger partial charge in [-0.15, -0.1) is 35.3 Å². The lowest BCUT2D eigenvalue weighted by Gasteiger charge is -2.38. The van der Waals surface area contributed by atoms with Crippen LogP contribution in [0.5, 0.6) is 0 Å². The van der Waals surface area contributed by atoms with Crippen LogP contribution in [0.25, 0.3) is 0 Å². The summed E-state index contributed by atoms with van der Waals surface area (Å²) < 4.78 is 0. The number of nitrogens with one attached hydrogen (secondary N) is 1. The van der Waals surface area contributed by atoms with Crippen LogP contribution in [0, 0.1) is 5.92 Å². The van der Waals surface area contributed by atoms with Crippen LogP contribution < -0.4 is 10.2 Å². The van der Waals surface area contributed by atoms with Crippen molar-refractivity contribution >= 4 is 52.2 Å². The molecule has 0 aromatic carbocycles. The van der Waals surface area contributed by atoms with E-state index >= 15 is 0 Å². The molecule has 0 saturated carbocycles. The molecule has 0 atom stereocenters. The Hall–Kier alpha value is -1.03. The molecule has 2 aliphatic heterocycles. The van der Waals surface area contributed by atoms with Gasteiger partial charge in [-0.2, -0.15) is 0 Å². The third-order valence-corrected chi connectivity index (χ3v) is 6.15. The van der Waals surface area contributed by atoms with Crippen molar-refractivity contribution in [2.75, 3.05) is 57.8 Å². The van der Waals surface area contributed by atoms with Gasteiger partial charge in [0.15, 0.2) is 5.96 Å². The first kappa shape index (κ1) is 21.3. The molecular weight excluding hydrogens is 461 g/mol. The molecule has 3 heterocycles. The standard InChI is InChI=1S/C18H29N5OS.HI/c1-15(24)21-7-5-16(6-8-21)14-20-18(19-2)23-11-9-22(10-12-23)17-4-3-13-25-17;/h3-4,13,16H,5-12,14H2,1-2H3,(H,19,20);1H. The topological polar surface area (TPSA) is 51.2 Å². The van der Waals surface area contributed by atoms with Crippen LogP contribution in [-0.2, 0) is 4.79 Å². The predicted octanol–water partition coefficient (Wildman–Crippen LogP) is 2.32. The largest absolute Gasteiger partial charge is 0.360 e. The fourth-order valence-electron chi connectivity index (χ4n) is 3.61. The van der Waals surface area contributed by atoms with Gasteiger partial charge >= 0.3 is 0 Å². The van der Waals surface area contributed by atoms with E-state index in [0.29, 0.717) is 5.92 Å². The first-order valence-electron chi connectivity index (χ1n) is 9.17. The fourth-order valence-corrected chi connectivity index (χ4v) is 4.39. The highest BCUT2D eigenvalue weighted by Gasteiger charge is 2.23. The van der Waals surface area contributed by atoms with Crippen molar-refractivity contribution in [2.24, 2.45) is 10.9 Å². The maximum absolute atomic E-state index is 11.4. The smallest absolute Gasteiger partial charge is 0.219 e. The maximum Gasteiger partial charge on any atom is 0.219 e. The van der Waals surface area contributed by atoms with Crippen molar-refractivity contribution < 1.29 is 4.79 Å². The highest BCUT2D eigenvalue weighted by Crippen LogP contribution is 2.22. The second-order valence-corrected chi connectivity index (χ2v) is 7.73. The van der Waals surface area contributed by atoms with Gasteiger partial charge in [0.1, 0.15) is 0 Å². The zero-order valence-corrected chi connectivity index (χ0v) is 18.8. The van der Waals surface area contributed by atoms with Gasteiger partial charge in [-0.3, -0.25) is 9.79 Å². The lowest BCUT2D eigenvalue weighted by molar-refractivity contribution is -0.130. The molecule has 6 nitrogen and oxygen atoms in total. The molecule has 2 fully saturated rings. The summed E-state index contributed by atoms with van der Waals surface area (Å²) in [7, 11) is 1.87. The average molecular weight is 491 g/mol. The van der Waals surface area contributed by atoms with Crippen molar-refractivity contribution in [2.45, 2.75) is 19.8 Å². The van der Waals surface area contributed by atoms with E-state index < -0.39 is 0 Å². The minimum atomic E-state index is 0. The first-order chi connectivity index (χ1) is 12.2. The maximum atomic E-state index is 11.4. The van der Waals surface area contributed by atoms with E-state index in [0.717, 1.165) is 64.6 Å². The molecule has 0 aliphatic carbocycles. The number of carbonyl (C=O) groups excluding carboxylic acids is 1. The Morgan fingerprint density at radius 1 is 1.19 bits per heavy atom. The molecule has 0 unspecified atom stereocenters. The molecule has 1 aromatic heterocycles. The number of piperazine rings is 1. The van der Waals surface area contributed by atoms with Crippen LogP contribution in [0.15, 0.2) is 22.5 Å². The number of aliphatic imine (C=N–C) groups is 1. The van der Waals surface area contributed by atoms with Crippen LogP contribution in [0.2, 0.25) is 0 Å². The Labute approximate surface area is 177 Å². The number of anilines is 1. The molecule has 2 saturated heterocycles. The Morgan fingerprint density at radius 3 is 2.42 bits per heavy atom. The summed E-state index contributed by atoms with van der Waals surface area (Å²) in [6.07, 6.45) is 2.16. The van der Waals surface area contributed by atoms with Crippen molar-refractivity contribution in [3.05, 3.63) is 17.5 Å². The second-order valence-electron chi connectivity index (χ2n) is 6.80. The Kier molecular flexibility index (Phi) is 8.46. The summed E-state index contributed by atoms with van der Waals surface area (Å²) in [5.41, 5.74) is 0. The number of halogens is 1. The summed E-state index contributed by atoms with van der Waals surface area (Å²) in [5, 5.41) is 7.06. The van der Waals surface area contributed by atoms with Crippen LogP contribution in [0.4, 0.5) is 5.00 Å². The van der Waals surface area contributed by atoms with Gasteiger partial charge in [0.25, 0.3) is 0 Å². The number of likely N-dealkylation sites (tertiary alicyclic amines) is 1. The number of amides is 1. The van der Waals surface area contributed by atoms with Gasteiger partial charge in [0.05, 0.1) is 5.00 Å². The van der Waals surface area contributed by atoms with E-state index in [9.17, 15) is 4.79 Å². The molecule has 2 aliphatic rings. The van der Waals surface area contributed by atoms with E-state index in [1.165, 1.54) is 5.00 Å². The molecule has 26 heavy (non-hydrogen) atoms. The summed E-state index contributed by atoms with van der Waals surface area (Å²) in [6.45, 7) is 8.47. The molecule has 1 N–H and O–H groups in total.